The first-order chi connectivity index (χ1) is 6.72. The van der Waals surface area contributed by atoms with Gasteiger partial charge in [-0.15, -0.1) is 0 Å². The van der Waals surface area contributed by atoms with Gasteiger partial charge in [0.05, 0.1) is 0 Å². The van der Waals surface area contributed by atoms with E-state index in [9.17, 15) is 0 Å². The highest BCUT2D eigenvalue weighted by Gasteiger charge is 2.14. The molecule has 1 saturated heterocycles. The van der Waals surface area contributed by atoms with Crippen LogP contribution in [0.3, 0.4) is 0 Å². The number of nitrogens with zero attached hydrogens (tertiary/aromatic N) is 1. The quantitative estimate of drug-likeness (QED) is 0.775. The van der Waals surface area contributed by atoms with E-state index in [1.165, 1.54) is 31.4 Å². The van der Waals surface area contributed by atoms with E-state index in [0.29, 0.717) is 6.04 Å². The third-order valence-electron chi connectivity index (χ3n) is 2.65. The van der Waals surface area contributed by atoms with Crippen LogP contribution in [0.5, 0.6) is 0 Å². The van der Waals surface area contributed by atoms with Gasteiger partial charge in [0.25, 0.3) is 0 Å². The molecule has 0 aliphatic carbocycles. The Morgan fingerprint density at radius 2 is 2.36 bits per heavy atom. The number of nitrogens with one attached hydrogen (secondary N) is 1. The lowest BCUT2D eigenvalue weighted by molar-refractivity contribution is 0.277. The summed E-state index contributed by atoms with van der Waals surface area (Å²) in [5, 5.41) is 3.55. The zero-order chi connectivity index (χ0) is 10.4. The van der Waals surface area contributed by atoms with Crippen molar-refractivity contribution in [3.63, 3.8) is 0 Å². The Labute approximate surface area is 92.3 Å². The molecule has 0 spiro atoms. The molecule has 1 rings (SSSR count). The summed E-state index contributed by atoms with van der Waals surface area (Å²) in [5.74, 6) is 0. The molecule has 0 aromatic heterocycles. The van der Waals surface area contributed by atoms with Gasteiger partial charge in [-0.2, -0.15) is 0 Å². The topological polar surface area (TPSA) is 15.3 Å². The van der Waals surface area contributed by atoms with Crippen LogP contribution in [-0.4, -0.2) is 37.6 Å². The van der Waals surface area contributed by atoms with Crippen molar-refractivity contribution in [2.24, 2.45) is 0 Å². The molecular formula is C11H21ClN2. The summed E-state index contributed by atoms with van der Waals surface area (Å²) in [4.78, 5) is 2.33. The largest absolute Gasteiger partial charge is 0.313 e. The highest BCUT2D eigenvalue weighted by Crippen LogP contribution is 2.08. The summed E-state index contributed by atoms with van der Waals surface area (Å²) in [6, 6.07) is 0.678. The van der Waals surface area contributed by atoms with Crippen molar-refractivity contribution < 1.29 is 0 Å². The summed E-state index contributed by atoms with van der Waals surface area (Å²) in [6.45, 7) is 5.35. The lowest BCUT2D eigenvalue weighted by atomic mass is 10.0. The fourth-order valence-corrected chi connectivity index (χ4v) is 2.05. The van der Waals surface area contributed by atoms with Crippen LogP contribution in [0.2, 0.25) is 0 Å². The normalized spacial score (nSPS) is 24.3. The molecule has 0 amide bonds. The monoisotopic (exact) mass is 216 g/mol. The average Bonchev–Trinajstić information content (AvgIpc) is 2.19. The SMILES string of the molecule is CC(=CCl)CN(C)CC1CCCCN1. The molecule has 0 aromatic carbocycles. The van der Waals surface area contributed by atoms with Crippen molar-refractivity contribution in [3.8, 4) is 0 Å². The maximum Gasteiger partial charge on any atom is 0.0199 e. The van der Waals surface area contributed by atoms with E-state index in [-0.39, 0.29) is 0 Å². The van der Waals surface area contributed by atoms with Crippen molar-refractivity contribution >= 4 is 11.6 Å². The van der Waals surface area contributed by atoms with Gasteiger partial charge in [-0.25, -0.2) is 0 Å². The lowest BCUT2D eigenvalue weighted by Gasteiger charge is -2.28. The van der Waals surface area contributed by atoms with Crippen LogP contribution in [-0.2, 0) is 0 Å². The molecule has 1 N–H and O–H groups in total. The Hall–Kier alpha value is -0.0500. The van der Waals surface area contributed by atoms with Gasteiger partial charge in [0.1, 0.15) is 0 Å². The second kappa shape index (κ2) is 6.44. The van der Waals surface area contributed by atoms with Gasteiger partial charge < -0.3 is 10.2 Å². The van der Waals surface area contributed by atoms with Crippen LogP contribution < -0.4 is 5.32 Å². The van der Waals surface area contributed by atoms with Gasteiger partial charge in [-0.1, -0.05) is 18.0 Å². The Bertz CT molecular complexity index is 186. The molecule has 1 atom stereocenters. The Morgan fingerprint density at radius 1 is 1.57 bits per heavy atom. The molecule has 1 aliphatic heterocycles. The summed E-state index contributed by atoms with van der Waals surface area (Å²) < 4.78 is 0. The predicted molar refractivity (Wildman–Crippen MR) is 62.7 cm³/mol. The van der Waals surface area contributed by atoms with E-state index >= 15 is 0 Å². The molecular weight excluding hydrogens is 196 g/mol. The van der Waals surface area contributed by atoms with E-state index in [4.69, 9.17) is 11.6 Å². The molecule has 1 heterocycles. The number of halogens is 1. The van der Waals surface area contributed by atoms with Crippen LogP contribution >= 0.6 is 11.6 Å². The van der Waals surface area contributed by atoms with E-state index in [1.54, 1.807) is 5.54 Å². The fourth-order valence-electron chi connectivity index (χ4n) is 1.98. The third kappa shape index (κ3) is 4.45. The molecule has 3 heteroatoms. The minimum absolute atomic E-state index is 0.678. The standard InChI is InChI=1S/C11H21ClN2/c1-10(7-12)8-14(2)9-11-5-3-4-6-13-11/h7,11,13H,3-6,8-9H2,1-2H3. The molecule has 0 aromatic rings. The van der Waals surface area contributed by atoms with Gasteiger partial charge >= 0.3 is 0 Å². The zero-order valence-corrected chi connectivity index (χ0v) is 9.98. The van der Waals surface area contributed by atoms with Crippen LogP contribution in [0.4, 0.5) is 0 Å². The molecule has 14 heavy (non-hydrogen) atoms. The van der Waals surface area contributed by atoms with Crippen molar-refractivity contribution in [2.75, 3.05) is 26.7 Å². The van der Waals surface area contributed by atoms with E-state index in [2.05, 4.69) is 24.2 Å². The molecule has 0 radical (unpaired) electrons. The predicted octanol–water partition coefficient (Wildman–Crippen LogP) is 2.20. The number of likely N-dealkylation sites (N-methyl/N-ethyl adjacent to an activating group) is 1. The number of rotatable bonds is 4. The summed E-state index contributed by atoms with van der Waals surface area (Å²) in [6.07, 6.45) is 4.02. The highest BCUT2D eigenvalue weighted by atomic mass is 35.5. The number of piperidine rings is 1. The van der Waals surface area contributed by atoms with Crippen LogP contribution in [0.15, 0.2) is 11.1 Å². The van der Waals surface area contributed by atoms with Crippen LogP contribution in [0.25, 0.3) is 0 Å². The Balaban J connectivity index is 2.21. The minimum Gasteiger partial charge on any atom is -0.313 e. The second-order valence-electron chi connectivity index (χ2n) is 4.30. The smallest absolute Gasteiger partial charge is 0.0199 e. The maximum absolute atomic E-state index is 5.63. The van der Waals surface area contributed by atoms with Gasteiger partial charge in [-0.05, 0) is 38.9 Å². The highest BCUT2D eigenvalue weighted by molar-refractivity contribution is 6.25. The van der Waals surface area contributed by atoms with E-state index in [0.717, 1.165) is 13.1 Å². The Morgan fingerprint density at radius 3 is 2.93 bits per heavy atom. The number of hydrogen-bond acceptors (Lipinski definition) is 2. The molecule has 0 saturated carbocycles. The van der Waals surface area contributed by atoms with E-state index in [1.807, 2.05) is 0 Å². The van der Waals surface area contributed by atoms with Crippen LogP contribution in [0.1, 0.15) is 26.2 Å². The summed E-state index contributed by atoms with van der Waals surface area (Å²) in [7, 11) is 2.15. The van der Waals surface area contributed by atoms with Crippen molar-refractivity contribution in [1.29, 1.82) is 0 Å². The van der Waals surface area contributed by atoms with Gasteiger partial charge in [0.2, 0.25) is 0 Å². The molecule has 1 fully saturated rings. The van der Waals surface area contributed by atoms with Crippen molar-refractivity contribution in [2.45, 2.75) is 32.2 Å². The molecule has 0 bridgehead atoms. The molecule has 1 unspecified atom stereocenters. The summed E-state index contributed by atoms with van der Waals surface area (Å²) >= 11 is 5.63. The van der Waals surface area contributed by atoms with Gasteiger partial charge in [-0.3, -0.25) is 0 Å². The van der Waals surface area contributed by atoms with Gasteiger partial charge in [0, 0.05) is 24.7 Å². The first-order valence-electron chi connectivity index (χ1n) is 5.40. The second-order valence-corrected chi connectivity index (χ2v) is 4.52. The first-order valence-corrected chi connectivity index (χ1v) is 5.84. The van der Waals surface area contributed by atoms with Crippen molar-refractivity contribution in [3.05, 3.63) is 11.1 Å². The average molecular weight is 217 g/mol. The zero-order valence-electron chi connectivity index (χ0n) is 9.22. The molecule has 2 nitrogen and oxygen atoms in total. The molecule has 1 aliphatic rings. The fraction of sp³-hybridized carbons (Fsp3) is 0.818. The Kier molecular flexibility index (Phi) is 5.53. The van der Waals surface area contributed by atoms with E-state index < -0.39 is 0 Å². The van der Waals surface area contributed by atoms with Crippen molar-refractivity contribution in [1.82, 2.24) is 10.2 Å². The lowest BCUT2D eigenvalue weighted by Crippen LogP contribution is -2.42. The number of hydrogen-bond donors (Lipinski definition) is 1. The third-order valence-corrected chi connectivity index (χ3v) is 3.02. The maximum atomic E-state index is 5.63. The summed E-state index contributed by atoms with van der Waals surface area (Å²) in [5.41, 5.74) is 2.90. The molecule has 82 valence electrons. The first kappa shape index (κ1) is 12.0. The van der Waals surface area contributed by atoms with Crippen LogP contribution in [0, 0.1) is 0 Å². The van der Waals surface area contributed by atoms with Gasteiger partial charge in [0.15, 0.2) is 0 Å². The minimum atomic E-state index is 0.678.